The zero-order valence-corrected chi connectivity index (χ0v) is 9.79. The number of halogens is 2. The van der Waals surface area contributed by atoms with Gasteiger partial charge < -0.3 is 0 Å². The Labute approximate surface area is 94.3 Å². The van der Waals surface area contributed by atoms with E-state index in [9.17, 15) is 0 Å². The lowest BCUT2D eigenvalue weighted by Gasteiger charge is -1.96. The van der Waals surface area contributed by atoms with Crippen LogP contribution in [0, 0.1) is 0 Å². The highest BCUT2D eigenvalue weighted by Crippen LogP contribution is 2.31. The molecule has 0 aliphatic carbocycles. The van der Waals surface area contributed by atoms with Crippen molar-refractivity contribution in [2.24, 2.45) is 0 Å². The Balaban J connectivity index is 2.41. The summed E-state index contributed by atoms with van der Waals surface area (Å²) >= 11 is 10.8. The topological polar surface area (TPSA) is 0 Å². The third-order valence-electron chi connectivity index (χ3n) is 1.70. The number of hydrogen-bond acceptors (Lipinski definition) is 1. The van der Waals surface area contributed by atoms with Gasteiger partial charge in [0.15, 0.2) is 0 Å². The number of hydrogen-bond donors (Lipinski definition) is 0. The summed E-state index contributed by atoms with van der Waals surface area (Å²) in [5, 5.41) is 0. The Morgan fingerprint density at radius 1 is 1.00 bits per heavy atom. The van der Waals surface area contributed by atoms with Crippen LogP contribution in [0.2, 0.25) is 4.34 Å². The molecule has 13 heavy (non-hydrogen) atoms. The van der Waals surface area contributed by atoms with E-state index in [4.69, 9.17) is 11.6 Å². The second kappa shape index (κ2) is 3.82. The van der Waals surface area contributed by atoms with Crippen LogP contribution >= 0.6 is 38.9 Å². The average Bonchev–Trinajstić information content (AvgIpc) is 2.53. The molecule has 0 aliphatic rings. The predicted octanol–water partition coefficient (Wildman–Crippen LogP) is 4.83. The first-order chi connectivity index (χ1) is 6.25. The van der Waals surface area contributed by atoms with Crippen LogP contribution in [-0.4, -0.2) is 0 Å². The molecule has 1 aromatic heterocycles. The van der Waals surface area contributed by atoms with E-state index in [0.717, 1.165) is 8.81 Å². The summed E-state index contributed by atoms with van der Waals surface area (Å²) in [6.45, 7) is 0. The van der Waals surface area contributed by atoms with Crippen LogP contribution in [0.4, 0.5) is 0 Å². The van der Waals surface area contributed by atoms with Gasteiger partial charge in [0.1, 0.15) is 0 Å². The zero-order valence-electron chi connectivity index (χ0n) is 6.63. The third kappa shape index (κ3) is 2.13. The van der Waals surface area contributed by atoms with Crippen molar-refractivity contribution in [3.63, 3.8) is 0 Å². The predicted molar refractivity (Wildman–Crippen MR) is 62.5 cm³/mol. The lowest BCUT2D eigenvalue weighted by atomic mass is 10.2. The average molecular weight is 274 g/mol. The summed E-state index contributed by atoms with van der Waals surface area (Å²) in [7, 11) is 0. The van der Waals surface area contributed by atoms with Crippen LogP contribution in [0.15, 0.2) is 40.9 Å². The minimum absolute atomic E-state index is 0.831. The Bertz CT molecular complexity index is 405. The molecule has 0 saturated heterocycles. The fourth-order valence-electron chi connectivity index (χ4n) is 1.08. The summed E-state index contributed by atoms with van der Waals surface area (Å²) in [4.78, 5) is 1.21. The third-order valence-corrected chi connectivity index (χ3v) is 3.51. The Kier molecular flexibility index (Phi) is 2.72. The van der Waals surface area contributed by atoms with Crippen LogP contribution < -0.4 is 0 Å². The summed E-state index contributed by atoms with van der Waals surface area (Å²) in [5.74, 6) is 0. The van der Waals surface area contributed by atoms with Crippen LogP contribution in [0.5, 0.6) is 0 Å². The summed E-state index contributed by atoms with van der Waals surface area (Å²) in [6.07, 6.45) is 0. The number of benzene rings is 1. The maximum atomic E-state index is 5.85. The van der Waals surface area contributed by atoms with E-state index in [1.165, 1.54) is 10.4 Å². The van der Waals surface area contributed by atoms with E-state index in [1.54, 1.807) is 11.3 Å². The molecule has 0 nitrogen and oxygen atoms in total. The van der Waals surface area contributed by atoms with Crippen molar-refractivity contribution >= 4 is 38.9 Å². The normalized spacial score (nSPS) is 10.3. The second-order valence-corrected chi connectivity index (χ2v) is 5.24. The Morgan fingerprint density at radius 2 is 1.69 bits per heavy atom. The van der Waals surface area contributed by atoms with Gasteiger partial charge >= 0.3 is 0 Å². The first kappa shape index (κ1) is 9.25. The lowest BCUT2D eigenvalue weighted by molar-refractivity contribution is 1.65. The molecule has 0 radical (unpaired) electrons. The fraction of sp³-hybridized carbons (Fsp3) is 0. The molecule has 0 fully saturated rings. The van der Waals surface area contributed by atoms with Crippen LogP contribution in [0.3, 0.4) is 0 Å². The first-order valence-corrected chi connectivity index (χ1v) is 5.76. The maximum absolute atomic E-state index is 5.85. The molecule has 0 bridgehead atoms. The quantitative estimate of drug-likeness (QED) is 0.698. The van der Waals surface area contributed by atoms with Gasteiger partial charge in [-0.1, -0.05) is 39.7 Å². The van der Waals surface area contributed by atoms with Crippen LogP contribution in [-0.2, 0) is 0 Å². The largest absolute Gasteiger partial charge is 0.123 e. The molecule has 0 unspecified atom stereocenters. The van der Waals surface area contributed by atoms with Gasteiger partial charge in [-0.25, -0.2) is 0 Å². The molecule has 3 heteroatoms. The maximum Gasteiger partial charge on any atom is 0.0934 e. The van der Waals surface area contributed by atoms with E-state index < -0.39 is 0 Å². The highest BCUT2D eigenvalue weighted by molar-refractivity contribution is 9.10. The van der Waals surface area contributed by atoms with Gasteiger partial charge in [-0.2, -0.15) is 0 Å². The Morgan fingerprint density at radius 3 is 2.23 bits per heavy atom. The van der Waals surface area contributed by atoms with Gasteiger partial charge in [-0.3, -0.25) is 0 Å². The molecule has 1 heterocycles. The molecule has 0 spiro atoms. The van der Waals surface area contributed by atoms with Gasteiger partial charge in [-0.05, 0) is 29.8 Å². The smallest absolute Gasteiger partial charge is 0.0934 e. The minimum atomic E-state index is 0.831. The summed E-state index contributed by atoms with van der Waals surface area (Å²) in [5.41, 5.74) is 1.21. The fourth-order valence-corrected chi connectivity index (χ4v) is 2.40. The minimum Gasteiger partial charge on any atom is -0.123 e. The zero-order chi connectivity index (χ0) is 9.26. The van der Waals surface area contributed by atoms with Gasteiger partial charge in [0.05, 0.1) is 4.34 Å². The highest BCUT2D eigenvalue weighted by Gasteiger charge is 2.00. The van der Waals surface area contributed by atoms with E-state index >= 15 is 0 Å². The van der Waals surface area contributed by atoms with E-state index in [1.807, 2.05) is 24.3 Å². The highest BCUT2D eigenvalue weighted by atomic mass is 79.9. The molecule has 2 aromatic rings. The van der Waals surface area contributed by atoms with Crippen molar-refractivity contribution < 1.29 is 0 Å². The van der Waals surface area contributed by atoms with Crippen molar-refractivity contribution in [2.75, 3.05) is 0 Å². The van der Waals surface area contributed by atoms with E-state index in [2.05, 4.69) is 28.1 Å². The monoisotopic (exact) mass is 272 g/mol. The van der Waals surface area contributed by atoms with Crippen molar-refractivity contribution in [3.05, 3.63) is 45.2 Å². The van der Waals surface area contributed by atoms with E-state index in [0.29, 0.717) is 0 Å². The molecule has 66 valence electrons. The lowest BCUT2D eigenvalue weighted by Crippen LogP contribution is -1.69. The molecule has 0 N–H and O–H groups in total. The van der Waals surface area contributed by atoms with Crippen LogP contribution in [0.1, 0.15) is 0 Å². The van der Waals surface area contributed by atoms with Gasteiger partial charge in [0.25, 0.3) is 0 Å². The molecule has 0 aliphatic heterocycles. The molecule has 0 amide bonds. The van der Waals surface area contributed by atoms with Gasteiger partial charge in [0.2, 0.25) is 0 Å². The SMILES string of the molecule is Clc1ccc(-c2ccc(Br)cc2)s1. The molecule has 2 rings (SSSR count). The molecule has 0 saturated carbocycles. The number of rotatable bonds is 1. The number of thiophene rings is 1. The second-order valence-electron chi connectivity index (χ2n) is 2.61. The summed E-state index contributed by atoms with van der Waals surface area (Å²) < 4.78 is 1.93. The summed E-state index contributed by atoms with van der Waals surface area (Å²) in [6, 6.07) is 12.2. The van der Waals surface area contributed by atoms with E-state index in [-0.39, 0.29) is 0 Å². The van der Waals surface area contributed by atoms with Crippen molar-refractivity contribution in [3.8, 4) is 10.4 Å². The van der Waals surface area contributed by atoms with Crippen molar-refractivity contribution in [1.29, 1.82) is 0 Å². The molecule has 0 atom stereocenters. The Hall–Kier alpha value is -0.310. The van der Waals surface area contributed by atoms with Crippen LogP contribution in [0.25, 0.3) is 10.4 Å². The molecular weight excluding hydrogens is 268 g/mol. The molecule has 1 aromatic carbocycles. The molecular formula is C10H6BrClS. The first-order valence-electron chi connectivity index (χ1n) is 3.77. The standard InChI is InChI=1S/C10H6BrClS/c11-8-3-1-7(2-4-8)9-5-6-10(12)13-9/h1-6H. The van der Waals surface area contributed by atoms with Crippen molar-refractivity contribution in [1.82, 2.24) is 0 Å². The van der Waals surface area contributed by atoms with Gasteiger partial charge in [-0.15, -0.1) is 11.3 Å². The van der Waals surface area contributed by atoms with Crippen molar-refractivity contribution in [2.45, 2.75) is 0 Å². The van der Waals surface area contributed by atoms with Gasteiger partial charge in [0, 0.05) is 9.35 Å².